The lowest BCUT2D eigenvalue weighted by molar-refractivity contribution is -0.159. The van der Waals surface area contributed by atoms with Crippen molar-refractivity contribution in [2.45, 2.75) is 32.4 Å². The van der Waals surface area contributed by atoms with Crippen LogP contribution >= 0.6 is 0 Å². The fourth-order valence-corrected chi connectivity index (χ4v) is 1.80. The van der Waals surface area contributed by atoms with E-state index in [1.165, 1.54) is 0 Å². The Morgan fingerprint density at radius 3 is 2.29 bits per heavy atom. The summed E-state index contributed by atoms with van der Waals surface area (Å²) in [5.74, 6) is -1.43. The third kappa shape index (κ3) is 3.91. The highest BCUT2D eigenvalue weighted by Crippen LogP contribution is 2.39. The molecule has 1 rings (SSSR count). The van der Waals surface area contributed by atoms with Gasteiger partial charge in [-0.1, -0.05) is 56.7 Å². The molecule has 0 saturated carbocycles. The van der Waals surface area contributed by atoms with Gasteiger partial charge in [0.25, 0.3) is 0 Å². The first-order valence-electron chi connectivity index (χ1n) is 5.77. The van der Waals surface area contributed by atoms with Gasteiger partial charge in [-0.2, -0.15) is 13.2 Å². The molecule has 0 amide bonds. The van der Waals surface area contributed by atoms with Crippen molar-refractivity contribution in [2.24, 2.45) is 5.92 Å². The van der Waals surface area contributed by atoms with Crippen LogP contribution in [0, 0.1) is 5.92 Å². The Balaban J connectivity index is 2.87. The predicted octanol–water partition coefficient (Wildman–Crippen LogP) is 5.07. The van der Waals surface area contributed by atoms with E-state index in [9.17, 15) is 13.2 Å². The van der Waals surface area contributed by atoms with Crippen molar-refractivity contribution in [3.05, 3.63) is 42.5 Å². The molecule has 0 nitrogen and oxygen atoms in total. The molecule has 17 heavy (non-hydrogen) atoms. The standard InChI is InChI=1S/C14H17F3/c1-3-4-10-13(14(15,16)17)11(2)12-8-6-5-7-9-12/h5-9,13H,2-4,10H2,1H3. The van der Waals surface area contributed by atoms with Gasteiger partial charge < -0.3 is 0 Å². The largest absolute Gasteiger partial charge is 0.395 e. The number of rotatable bonds is 5. The number of benzene rings is 1. The number of allylic oxidation sites excluding steroid dienone is 1. The summed E-state index contributed by atoms with van der Waals surface area (Å²) in [5.41, 5.74) is 0.748. The van der Waals surface area contributed by atoms with E-state index in [1.54, 1.807) is 30.3 Å². The Hall–Kier alpha value is -1.25. The number of unbranched alkanes of at least 4 members (excludes halogenated alkanes) is 1. The highest BCUT2D eigenvalue weighted by atomic mass is 19.4. The zero-order valence-corrected chi connectivity index (χ0v) is 9.93. The van der Waals surface area contributed by atoms with Crippen molar-refractivity contribution in [1.82, 2.24) is 0 Å². The molecule has 0 aromatic heterocycles. The second-order valence-corrected chi connectivity index (χ2v) is 4.13. The minimum atomic E-state index is -4.21. The van der Waals surface area contributed by atoms with Crippen LogP contribution in [0.1, 0.15) is 31.7 Å². The lowest BCUT2D eigenvalue weighted by Gasteiger charge is -2.22. The molecule has 0 spiro atoms. The Bertz CT molecular complexity index is 351. The van der Waals surface area contributed by atoms with Gasteiger partial charge in [-0.05, 0) is 17.6 Å². The third-order valence-electron chi connectivity index (χ3n) is 2.81. The molecule has 0 aliphatic heterocycles. The monoisotopic (exact) mass is 242 g/mol. The second-order valence-electron chi connectivity index (χ2n) is 4.13. The summed E-state index contributed by atoms with van der Waals surface area (Å²) in [6, 6.07) is 8.59. The Morgan fingerprint density at radius 1 is 1.24 bits per heavy atom. The summed E-state index contributed by atoms with van der Waals surface area (Å²) >= 11 is 0. The summed E-state index contributed by atoms with van der Waals surface area (Å²) in [5, 5.41) is 0. The normalized spacial score (nSPS) is 13.4. The molecule has 94 valence electrons. The van der Waals surface area contributed by atoms with Crippen LogP contribution in [-0.2, 0) is 0 Å². The molecule has 0 heterocycles. The average molecular weight is 242 g/mol. The second kappa shape index (κ2) is 5.89. The first kappa shape index (κ1) is 13.8. The lowest BCUT2D eigenvalue weighted by Crippen LogP contribution is -2.23. The minimum Gasteiger partial charge on any atom is -0.170 e. The molecule has 1 atom stereocenters. The zero-order chi connectivity index (χ0) is 12.9. The van der Waals surface area contributed by atoms with E-state index in [0.29, 0.717) is 12.0 Å². The van der Waals surface area contributed by atoms with Crippen molar-refractivity contribution in [3.8, 4) is 0 Å². The van der Waals surface area contributed by atoms with Crippen LogP contribution in [0.25, 0.3) is 5.57 Å². The lowest BCUT2D eigenvalue weighted by atomic mass is 9.89. The fourth-order valence-electron chi connectivity index (χ4n) is 1.80. The zero-order valence-electron chi connectivity index (χ0n) is 9.93. The smallest absolute Gasteiger partial charge is 0.170 e. The minimum absolute atomic E-state index is 0.119. The molecule has 3 heteroatoms. The SMILES string of the molecule is C=C(c1ccccc1)C(CCCC)C(F)(F)F. The molecular weight excluding hydrogens is 225 g/mol. The van der Waals surface area contributed by atoms with Crippen molar-refractivity contribution in [3.63, 3.8) is 0 Å². The van der Waals surface area contributed by atoms with E-state index >= 15 is 0 Å². The molecule has 0 aliphatic rings. The summed E-state index contributed by atoms with van der Waals surface area (Å²) < 4.78 is 38.8. The van der Waals surface area contributed by atoms with E-state index < -0.39 is 12.1 Å². The Labute approximate surface area is 100 Å². The van der Waals surface area contributed by atoms with Crippen molar-refractivity contribution < 1.29 is 13.2 Å². The molecule has 0 fully saturated rings. The first-order chi connectivity index (χ1) is 7.96. The topological polar surface area (TPSA) is 0 Å². The maximum absolute atomic E-state index is 12.9. The van der Waals surface area contributed by atoms with E-state index in [-0.39, 0.29) is 12.0 Å². The highest BCUT2D eigenvalue weighted by Gasteiger charge is 2.40. The average Bonchev–Trinajstić information content (AvgIpc) is 2.29. The summed E-state index contributed by atoms with van der Waals surface area (Å²) in [6.45, 7) is 5.51. The highest BCUT2D eigenvalue weighted by molar-refractivity contribution is 5.65. The number of halogens is 3. The summed E-state index contributed by atoms with van der Waals surface area (Å²) in [7, 11) is 0. The maximum Gasteiger partial charge on any atom is 0.395 e. The van der Waals surface area contributed by atoms with Crippen LogP contribution in [0.2, 0.25) is 0 Å². The molecule has 0 radical (unpaired) electrons. The van der Waals surface area contributed by atoms with E-state index in [1.807, 2.05) is 6.92 Å². The van der Waals surface area contributed by atoms with Crippen molar-refractivity contribution >= 4 is 5.57 Å². The third-order valence-corrected chi connectivity index (χ3v) is 2.81. The molecule has 1 unspecified atom stereocenters. The van der Waals surface area contributed by atoms with Crippen molar-refractivity contribution in [1.29, 1.82) is 0 Å². The quantitative estimate of drug-likeness (QED) is 0.676. The van der Waals surface area contributed by atoms with Gasteiger partial charge in [0, 0.05) is 0 Å². The number of alkyl halides is 3. The van der Waals surface area contributed by atoms with Gasteiger partial charge in [0.05, 0.1) is 5.92 Å². The van der Waals surface area contributed by atoms with Gasteiger partial charge in [-0.15, -0.1) is 0 Å². The van der Waals surface area contributed by atoms with Gasteiger partial charge in [-0.25, -0.2) is 0 Å². The van der Waals surface area contributed by atoms with E-state index in [0.717, 1.165) is 6.42 Å². The fraction of sp³-hybridized carbons (Fsp3) is 0.429. The van der Waals surface area contributed by atoms with Gasteiger partial charge in [0.1, 0.15) is 0 Å². The molecular formula is C14H17F3. The maximum atomic E-state index is 12.9. The van der Waals surface area contributed by atoms with Crippen LogP contribution in [0.15, 0.2) is 36.9 Å². The van der Waals surface area contributed by atoms with E-state index in [4.69, 9.17) is 0 Å². The van der Waals surface area contributed by atoms with Crippen LogP contribution in [0.3, 0.4) is 0 Å². The Morgan fingerprint density at radius 2 is 1.82 bits per heavy atom. The van der Waals surface area contributed by atoms with Gasteiger partial charge >= 0.3 is 6.18 Å². The summed E-state index contributed by atoms with van der Waals surface area (Å²) in [4.78, 5) is 0. The van der Waals surface area contributed by atoms with E-state index in [2.05, 4.69) is 6.58 Å². The van der Waals surface area contributed by atoms with Gasteiger partial charge in [-0.3, -0.25) is 0 Å². The van der Waals surface area contributed by atoms with Crippen LogP contribution in [0.4, 0.5) is 13.2 Å². The van der Waals surface area contributed by atoms with Crippen LogP contribution < -0.4 is 0 Å². The predicted molar refractivity (Wildman–Crippen MR) is 64.5 cm³/mol. The molecule has 0 aliphatic carbocycles. The number of hydrogen-bond acceptors (Lipinski definition) is 0. The molecule has 0 N–H and O–H groups in total. The van der Waals surface area contributed by atoms with Crippen LogP contribution in [-0.4, -0.2) is 6.18 Å². The summed E-state index contributed by atoms with van der Waals surface area (Å²) in [6.07, 6.45) is -2.76. The van der Waals surface area contributed by atoms with Crippen molar-refractivity contribution in [2.75, 3.05) is 0 Å². The van der Waals surface area contributed by atoms with Crippen LogP contribution in [0.5, 0.6) is 0 Å². The molecule has 1 aromatic carbocycles. The van der Waals surface area contributed by atoms with Gasteiger partial charge in [0.2, 0.25) is 0 Å². The first-order valence-corrected chi connectivity index (χ1v) is 5.77. The molecule has 0 saturated heterocycles. The number of hydrogen-bond donors (Lipinski definition) is 0. The molecule has 0 bridgehead atoms. The molecule has 1 aromatic rings. The van der Waals surface area contributed by atoms with Gasteiger partial charge in [0.15, 0.2) is 0 Å². The Kier molecular flexibility index (Phi) is 4.79.